The number of rotatable bonds is 4. The fourth-order valence-electron chi connectivity index (χ4n) is 2.64. The second kappa shape index (κ2) is 5.50. The van der Waals surface area contributed by atoms with E-state index in [1.807, 2.05) is 32.0 Å². The van der Waals surface area contributed by atoms with Crippen LogP contribution in [0.1, 0.15) is 38.8 Å². The van der Waals surface area contributed by atoms with Gasteiger partial charge in [0.05, 0.1) is 18.9 Å². The number of nitrogens with zero attached hydrogens (tertiary/aromatic N) is 1. The highest BCUT2D eigenvalue weighted by molar-refractivity contribution is 7.89. The van der Waals surface area contributed by atoms with Gasteiger partial charge in [-0.2, -0.15) is 4.31 Å². The summed E-state index contributed by atoms with van der Waals surface area (Å²) in [5.41, 5.74) is 0.455. The van der Waals surface area contributed by atoms with E-state index in [4.69, 9.17) is 9.47 Å². The highest BCUT2D eigenvalue weighted by Crippen LogP contribution is 2.44. The van der Waals surface area contributed by atoms with Gasteiger partial charge in [-0.1, -0.05) is 6.07 Å². The molecule has 0 spiro atoms. The molecule has 0 N–H and O–H groups in total. The van der Waals surface area contributed by atoms with Crippen LogP contribution in [0.25, 0.3) is 0 Å². The Kier molecular flexibility index (Phi) is 4.22. The lowest BCUT2D eigenvalue weighted by Crippen LogP contribution is -2.42. The molecule has 21 heavy (non-hydrogen) atoms. The van der Waals surface area contributed by atoms with E-state index in [0.717, 1.165) is 5.56 Å². The van der Waals surface area contributed by atoms with Crippen LogP contribution in [0.15, 0.2) is 18.2 Å². The molecule has 0 saturated carbocycles. The van der Waals surface area contributed by atoms with E-state index in [-0.39, 0.29) is 11.8 Å². The van der Waals surface area contributed by atoms with Crippen LogP contribution in [0.5, 0.6) is 11.5 Å². The Bertz CT molecular complexity index is 625. The van der Waals surface area contributed by atoms with E-state index in [9.17, 15) is 8.42 Å². The zero-order chi connectivity index (χ0) is 15.8. The van der Waals surface area contributed by atoms with Gasteiger partial charge < -0.3 is 9.47 Å². The lowest BCUT2D eigenvalue weighted by molar-refractivity contribution is 0.0538. The molecule has 6 heteroatoms. The van der Waals surface area contributed by atoms with Crippen molar-refractivity contribution >= 4 is 10.0 Å². The SMILES string of the molecule is CCS(=O)(=O)N(C)C1CC(C)(C)Oc2cc(OC)ccc21. The molecule has 1 aliphatic rings. The molecule has 0 amide bonds. The largest absolute Gasteiger partial charge is 0.497 e. The van der Waals surface area contributed by atoms with Crippen molar-refractivity contribution in [2.45, 2.75) is 38.8 Å². The van der Waals surface area contributed by atoms with Gasteiger partial charge in [0.15, 0.2) is 0 Å². The third-order valence-electron chi connectivity index (χ3n) is 3.89. The summed E-state index contributed by atoms with van der Waals surface area (Å²) in [7, 11) is -0.0240. The molecule has 1 aromatic rings. The third kappa shape index (κ3) is 3.16. The average molecular weight is 313 g/mol. The Morgan fingerprint density at radius 2 is 2.10 bits per heavy atom. The lowest BCUT2D eigenvalue weighted by atomic mass is 9.90. The number of fused-ring (bicyclic) bond motifs is 1. The predicted molar refractivity (Wildman–Crippen MR) is 82.3 cm³/mol. The normalized spacial score (nSPS) is 20.8. The molecule has 118 valence electrons. The van der Waals surface area contributed by atoms with Gasteiger partial charge in [-0.3, -0.25) is 0 Å². The van der Waals surface area contributed by atoms with Crippen LogP contribution in [0.4, 0.5) is 0 Å². The summed E-state index contributed by atoms with van der Waals surface area (Å²) in [4.78, 5) is 0. The standard InChI is InChI=1S/C15H23NO4S/c1-6-21(17,18)16(4)13-10-15(2,3)20-14-9-11(19-5)7-8-12(13)14/h7-9,13H,6,10H2,1-5H3. The Labute approximate surface area is 126 Å². The summed E-state index contributed by atoms with van der Waals surface area (Å²) in [6, 6.07) is 5.31. The van der Waals surface area contributed by atoms with Gasteiger partial charge in [0.25, 0.3) is 0 Å². The number of methoxy groups -OCH3 is 1. The fourth-order valence-corrected chi connectivity index (χ4v) is 3.63. The number of ether oxygens (including phenoxy) is 2. The molecule has 0 fully saturated rings. The minimum Gasteiger partial charge on any atom is -0.497 e. The summed E-state index contributed by atoms with van der Waals surface area (Å²) in [5.74, 6) is 1.48. The maximum Gasteiger partial charge on any atom is 0.214 e. The first-order valence-corrected chi connectivity index (χ1v) is 8.64. The smallest absolute Gasteiger partial charge is 0.214 e. The molecule has 0 saturated heterocycles. The molecular formula is C15H23NO4S. The summed E-state index contributed by atoms with van der Waals surface area (Å²) in [6.45, 7) is 5.59. The van der Waals surface area contributed by atoms with Crippen molar-refractivity contribution in [2.75, 3.05) is 19.9 Å². The number of hydrogen-bond donors (Lipinski definition) is 0. The first-order chi connectivity index (χ1) is 9.70. The van der Waals surface area contributed by atoms with Crippen LogP contribution in [-0.4, -0.2) is 38.2 Å². The van der Waals surface area contributed by atoms with Crippen LogP contribution >= 0.6 is 0 Å². The molecule has 1 aliphatic heterocycles. The third-order valence-corrected chi connectivity index (χ3v) is 5.76. The van der Waals surface area contributed by atoms with Crippen molar-refractivity contribution in [3.8, 4) is 11.5 Å². The van der Waals surface area contributed by atoms with E-state index in [2.05, 4.69) is 0 Å². The Hall–Kier alpha value is -1.27. The van der Waals surface area contributed by atoms with Crippen molar-refractivity contribution in [1.29, 1.82) is 0 Å². The number of hydrogen-bond acceptors (Lipinski definition) is 4. The maximum absolute atomic E-state index is 12.2. The van der Waals surface area contributed by atoms with Gasteiger partial charge in [-0.05, 0) is 26.8 Å². The van der Waals surface area contributed by atoms with Crippen molar-refractivity contribution in [3.05, 3.63) is 23.8 Å². The molecule has 1 atom stereocenters. The van der Waals surface area contributed by atoms with Crippen molar-refractivity contribution in [3.63, 3.8) is 0 Å². The zero-order valence-electron chi connectivity index (χ0n) is 13.2. The van der Waals surface area contributed by atoms with Gasteiger partial charge in [0.1, 0.15) is 17.1 Å². The molecule has 1 unspecified atom stereocenters. The van der Waals surface area contributed by atoms with E-state index >= 15 is 0 Å². The monoisotopic (exact) mass is 313 g/mol. The van der Waals surface area contributed by atoms with Crippen LogP contribution in [0.3, 0.4) is 0 Å². The van der Waals surface area contributed by atoms with Crippen LogP contribution < -0.4 is 9.47 Å². The molecule has 2 rings (SSSR count). The van der Waals surface area contributed by atoms with Gasteiger partial charge in [0, 0.05) is 25.1 Å². The summed E-state index contributed by atoms with van der Waals surface area (Å²) < 4.78 is 37.1. The molecule has 0 radical (unpaired) electrons. The van der Waals surface area contributed by atoms with Crippen LogP contribution in [0.2, 0.25) is 0 Å². The van der Waals surface area contributed by atoms with E-state index < -0.39 is 15.6 Å². The second-order valence-electron chi connectivity index (χ2n) is 5.90. The van der Waals surface area contributed by atoms with E-state index in [1.54, 1.807) is 21.1 Å². The minimum absolute atomic E-state index is 0.0901. The second-order valence-corrected chi connectivity index (χ2v) is 8.22. The molecule has 0 aliphatic carbocycles. The molecule has 5 nitrogen and oxygen atoms in total. The Balaban J connectivity index is 2.49. The van der Waals surface area contributed by atoms with Crippen molar-refractivity contribution in [2.24, 2.45) is 0 Å². The quantitative estimate of drug-likeness (QED) is 0.857. The first kappa shape index (κ1) is 16.1. The summed E-state index contributed by atoms with van der Waals surface area (Å²) in [6.07, 6.45) is 0.613. The topological polar surface area (TPSA) is 55.8 Å². The van der Waals surface area contributed by atoms with Crippen molar-refractivity contribution < 1.29 is 17.9 Å². The fraction of sp³-hybridized carbons (Fsp3) is 0.600. The van der Waals surface area contributed by atoms with Crippen LogP contribution in [0, 0.1) is 0 Å². The predicted octanol–water partition coefficient (Wildman–Crippen LogP) is 2.58. The summed E-state index contributed by atoms with van der Waals surface area (Å²) >= 11 is 0. The molecule has 1 aromatic carbocycles. The Morgan fingerprint density at radius 3 is 2.67 bits per heavy atom. The highest BCUT2D eigenvalue weighted by atomic mass is 32.2. The summed E-state index contributed by atoms with van der Waals surface area (Å²) in [5, 5.41) is 0. The van der Waals surface area contributed by atoms with Crippen molar-refractivity contribution in [1.82, 2.24) is 4.31 Å². The van der Waals surface area contributed by atoms with Crippen LogP contribution in [-0.2, 0) is 10.0 Å². The minimum atomic E-state index is -3.26. The molecule has 0 bridgehead atoms. The number of sulfonamides is 1. The molecule has 0 aromatic heterocycles. The molecular weight excluding hydrogens is 290 g/mol. The lowest BCUT2D eigenvalue weighted by Gasteiger charge is -2.40. The first-order valence-electron chi connectivity index (χ1n) is 7.03. The van der Waals surface area contributed by atoms with Gasteiger partial charge in [0.2, 0.25) is 10.0 Å². The van der Waals surface area contributed by atoms with E-state index in [0.29, 0.717) is 17.9 Å². The number of benzene rings is 1. The average Bonchev–Trinajstić information content (AvgIpc) is 2.43. The maximum atomic E-state index is 12.2. The van der Waals surface area contributed by atoms with Gasteiger partial charge >= 0.3 is 0 Å². The highest BCUT2D eigenvalue weighted by Gasteiger charge is 2.39. The zero-order valence-corrected chi connectivity index (χ0v) is 14.0. The van der Waals surface area contributed by atoms with Gasteiger partial charge in [-0.25, -0.2) is 8.42 Å². The Morgan fingerprint density at radius 1 is 1.43 bits per heavy atom. The van der Waals surface area contributed by atoms with E-state index in [1.165, 1.54) is 4.31 Å². The van der Waals surface area contributed by atoms with Gasteiger partial charge in [-0.15, -0.1) is 0 Å². The molecule has 1 heterocycles.